The summed E-state index contributed by atoms with van der Waals surface area (Å²) in [6, 6.07) is 4.14. The Morgan fingerprint density at radius 1 is 1.00 bits per heavy atom. The highest BCUT2D eigenvalue weighted by molar-refractivity contribution is 5.43. The molecule has 1 unspecified atom stereocenters. The molecule has 18 heavy (non-hydrogen) atoms. The number of rotatable bonds is 6. The second kappa shape index (κ2) is 6.73. The van der Waals surface area contributed by atoms with Gasteiger partial charge in [0.25, 0.3) is 0 Å². The predicted octanol–water partition coefficient (Wildman–Crippen LogP) is 2.19. The van der Waals surface area contributed by atoms with Crippen LogP contribution in [0.5, 0.6) is 5.75 Å². The van der Waals surface area contributed by atoms with Crippen LogP contribution in [-0.4, -0.2) is 34.7 Å². The van der Waals surface area contributed by atoms with Gasteiger partial charge >= 0.3 is 0 Å². The van der Waals surface area contributed by atoms with Gasteiger partial charge in [-0.05, 0) is 43.7 Å². The van der Waals surface area contributed by atoms with Crippen molar-refractivity contribution in [2.24, 2.45) is 0 Å². The van der Waals surface area contributed by atoms with Crippen molar-refractivity contribution in [2.45, 2.75) is 26.2 Å². The average molecular weight is 253 g/mol. The number of aryl methyl sites for hydroxylation is 2. The van der Waals surface area contributed by atoms with Gasteiger partial charge in [-0.2, -0.15) is 0 Å². The first-order chi connectivity index (χ1) is 8.58. The highest BCUT2D eigenvalue weighted by Crippen LogP contribution is 2.29. The standard InChI is InChI=1S/C14H23NO3/c1-9-8-12(16-4)10(2)7-11(9)13(15-3)14(17-5)18-6/h7-8,13-15H,1-6H3. The lowest BCUT2D eigenvalue weighted by molar-refractivity contribution is -0.123. The van der Waals surface area contributed by atoms with Crippen LogP contribution in [-0.2, 0) is 9.47 Å². The Hall–Kier alpha value is -1.10. The van der Waals surface area contributed by atoms with Crippen LogP contribution >= 0.6 is 0 Å². The molecule has 4 nitrogen and oxygen atoms in total. The first-order valence-electron chi connectivity index (χ1n) is 5.97. The van der Waals surface area contributed by atoms with Crippen LogP contribution in [0.1, 0.15) is 22.7 Å². The fraction of sp³-hybridized carbons (Fsp3) is 0.571. The normalized spacial score (nSPS) is 12.8. The maximum atomic E-state index is 5.34. The summed E-state index contributed by atoms with van der Waals surface area (Å²) in [4.78, 5) is 0. The Morgan fingerprint density at radius 2 is 1.61 bits per heavy atom. The van der Waals surface area contributed by atoms with Crippen molar-refractivity contribution < 1.29 is 14.2 Å². The molecule has 0 aliphatic rings. The third-order valence-corrected chi connectivity index (χ3v) is 3.17. The predicted molar refractivity (Wildman–Crippen MR) is 72.1 cm³/mol. The van der Waals surface area contributed by atoms with E-state index < -0.39 is 0 Å². The molecular formula is C14H23NO3. The largest absolute Gasteiger partial charge is 0.496 e. The fourth-order valence-corrected chi connectivity index (χ4v) is 2.17. The molecule has 0 spiro atoms. The fourth-order valence-electron chi connectivity index (χ4n) is 2.17. The Bertz CT molecular complexity index is 389. The molecule has 0 aliphatic heterocycles. The van der Waals surface area contributed by atoms with E-state index >= 15 is 0 Å². The van der Waals surface area contributed by atoms with Gasteiger partial charge in [0.2, 0.25) is 0 Å². The summed E-state index contributed by atoms with van der Waals surface area (Å²) in [6.07, 6.45) is -0.318. The van der Waals surface area contributed by atoms with E-state index in [1.807, 2.05) is 20.0 Å². The van der Waals surface area contributed by atoms with Crippen molar-refractivity contribution in [3.8, 4) is 5.75 Å². The van der Waals surface area contributed by atoms with Gasteiger partial charge in [-0.25, -0.2) is 0 Å². The molecule has 1 aromatic rings. The zero-order valence-corrected chi connectivity index (χ0v) is 12.0. The first kappa shape index (κ1) is 15.0. The van der Waals surface area contributed by atoms with Crippen LogP contribution in [0.4, 0.5) is 0 Å². The average Bonchev–Trinajstić information content (AvgIpc) is 2.38. The lowest BCUT2D eigenvalue weighted by atomic mass is 9.97. The number of nitrogens with one attached hydrogen (secondary N) is 1. The van der Waals surface area contributed by atoms with E-state index in [1.54, 1.807) is 21.3 Å². The molecule has 102 valence electrons. The lowest BCUT2D eigenvalue weighted by Crippen LogP contribution is -2.33. The minimum atomic E-state index is -0.318. The van der Waals surface area contributed by atoms with Crippen molar-refractivity contribution in [1.29, 1.82) is 0 Å². The summed E-state index contributed by atoms with van der Waals surface area (Å²) >= 11 is 0. The van der Waals surface area contributed by atoms with Crippen molar-refractivity contribution in [1.82, 2.24) is 5.32 Å². The highest BCUT2D eigenvalue weighted by atomic mass is 16.7. The summed E-state index contributed by atoms with van der Waals surface area (Å²) in [7, 11) is 6.87. The van der Waals surface area contributed by atoms with Gasteiger partial charge in [-0.15, -0.1) is 0 Å². The van der Waals surface area contributed by atoms with E-state index in [0.717, 1.165) is 22.4 Å². The van der Waals surface area contributed by atoms with Gasteiger partial charge in [0.05, 0.1) is 13.2 Å². The minimum absolute atomic E-state index is 0.00962. The monoisotopic (exact) mass is 253 g/mol. The third kappa shape index (κ3) is 3.02. The Labute approximate surface area is 109 Å². The van der Waals surface area contributed by atoms with E-state index in [9.17, 15) is 0 Å². The van der Waals surface area contributed by atoms with E-state index in [1.165, 1.54) is 0 Å². The smallest absolute Gasteiger partial charge is 0.176 e. The van der Waals surface area contributed by atoms with Crippen molar-refractivity contribution >= 4 is 0 Å². The van der Waals surface area contributed by atoms with E-state index in [2.05, 4.69) is 18.3 Å². The van der Waals surface area contributed by atoms with Crippen molar-refractivity contribution in [3.63, 3.8) is 0 Å². The molecule has 0 heterocycles. The maximum Gasteiger partial charge on any atom is 0.176 e. The van der Waals surface area contributed by atoms with Crippen LogP contribution < -0.4 is 10.1 Å². The Kier molecular flexibility index (Phi) is 5.59. The van der Waals surface area contributed by atoms with Gasteiger partial charge in [0.15, 0.2) is 6.29 Å². The second-order valence-electron chi connectivity index (χ2n) is 4.28. The van der Waals surface area contributed by atoms with E-state index in [-0.39, 0.29) is 12.3 Å². The van der Waals surface area contributed by atoms with E-state index in [4.69, 9.17) is 14.2 Å². The number of benzene rings is 1. The number of ether oxygens (including phenoxy) is 3. The maximum absolute atomic E-state index is 5.34. The zero-order chi connectivity index (χ0) is 13.7. The molecule has 0 fully saturated rings. The van der Waals surface area contributed by atoms with Gasteiger partial charge in [0, 0.05) is 14.2 Å². The first-order valence-corrected chi connectivity index (χ1v) is 5.97. The summed E-state index contributed by atoms with van der Waals surface area (Å²) < 4.78 is 16.0. The van der Waals surface area contributed by atoms with Crippen LogP contribution in [0.25, 0.3) is 0 Å². The van der Waals surface area contributed by atoms with Crippen LogP contribution in [0.3, 0.4) is 0 Å². The molecule has 4 heteroatoms. The van der Waals surface area contributed by atoms with Gasteiger partial charge < -0.3 is 19.5 Å². The topological polar surface area (TPSA) is 39.7 Å². The third-order valence-electron chi connectivity index (χ3n) is 3.17. The van der Waals surface area contributed by atoms with Crippen molar-refractivity contribution in [2.75, 3.05) is 28.4 Å². The molecule has 1 N–H and O–H groups in total. The highest BCUT2D eigenvalue weighted by Gasteiger charge is 2.23. The summed E-state index contributed by atoms with van der Waals surface area (Å²) in [5.41, 5.74) is 3.41. The Balaban J connectivity index is 3.17. The summed E-state index contributed by atoms with van der Waals surface area (Å²) in [5.74, 6) is 0.900. The number of methoxy groups -OCH3 is 3. The molecule has 0 bridgehead atoms. The number of hydrogen-bond acceptors (Lipinski definition) is 4. The number of likely N-dealkylation sites (N-methyl/N-ethyl adjacent to an activating group) is 1. The molecular weight excluding hydrogens is 230 g/mol. The molecule has 0 saturated heterocycles. The summed E-state index contributed by atoms with van der Waals surface area (Å²) in [5, 5.41) is 3.23. The van der Waals surface area contributed by atoms with E-state index in [0.29, 0.717) is 0 Å². The molecule has 0 saturated carbocycles. The Morgan fingerprint density at radius 3 is 2.06 bits per heavy atom. The SMILES string of the molecule is CNC(c1cc(C)c(OC)cc1C)C(OC)OC. The van der Waals surface area contributed by atoms with Gasteiger partial charge in [-0.1, -0.05) is 6.07 Å². The lowest BCUT2D eigenvalue weighted by Gasteiger charge is -2.26. The second-order valence-corrected chi connectivity index (χ2v) is 4.28. The molecule has 0 radical (unpaired) electrons. The summed E-state index contributed by atoms with van der Waals surface area (Å²) in [6.45, 7) is 4.09. The van der Waals surface area contributed by atoms with Crippen LogP contribution in [0, 0.1) is 13.8 Å². The van der Waals surface area contributed by atoms with Gasteiger partial charge in [-0.3, -0.25) is 0 Å². The van der Waals surface area contributed by atoms with Crippen molar-refractivity contribution in [3.05, 3.63) is 28.8 Å². The molecule has 1 atom stereocenters. The molecule has 0 amide bonds. The molecule has 1 aromatic carbocycles. The molecule has 0 aromatic heterocycles. The van der Waals surface area contributed by atoms with Gasteiger partial charge in [0.1, 0.15) is 5.75 Å². The van der Waals surface area contributed by atoms with Crippen LogP contribution in [0.2, 0.25) is 0 Å². The molecule has 0 aliphatic carbocycles. The quantitative estimate of drug-likeness (QED) is 0.789. The zero-order valence-electron chi connectivity index (χ0n) is 12.0. The number of hydrogen-bond donors (Lipinski definition) is 1. The van der Waals surface area contributed by atoms with Crippen LogP contribution in [0.15, 0.2) is 12.1 Å². The molecule has 1 rings (SSSR count). The minimum Gasteiger partial charge on any atom is -0.496 e.